The molecule has 0 saturated heterocycles. The van der Waals surface area contributed by atoms with Crippen LogP contribution in [-0.2, 0) is 18.0 Å². The number of benzene rings is 2. The van der Waals surface area contributed by atoms with E-state index in [0.29, 0.717) is 13.2 Å². The average molecular weight is 226 g/mol. The highest BCUT2D eigenvalue weighted by molar-refractivity contribution is 5.32. The van der Waals surface area contributed by atoms with Crippen LogP contribution in [0.3, 0.4) is 0 Å². The van der Waals surface area contributed by atoms with Gasteiger partial charge in [-0.1, -0.05) is 48.5 Å². The van der Waals surface area contributed by atoms with Gasteiger partial charge >= 0.3 is 0 Å². The van der Waals surface area contributed by atoms with Gasteiger partial charge in [-0.05, 0) is 36.1 Å². The minimum Gasteiger partial charge on any atom is -0.372 e. The predicted octanol–water partition coefficient (Wildman–Crippen LogP) is 4.02. The van der Waals surface area contributed by atoms with Crippen molar-refractivity contribution < 1.29 is 4.74 Å². The fourth-order valence-electron chi connectivity index (χ4n) is 1.92. The van der Waals surface area contributed by atoms with E-state index in [1.807, 2.05) is 18.2 Å². The third kappa shape index (κ3) is 3.18. The first-order valence-corrected chi connectivity index (χ1v) is 5.94. The van der Waals surface area contributed by atoms with Gasteiger partial charge in [0.05, 0.1) is 13.2 Å². The van der Waals surface area contributed by atoms with E-state index in [4.69, 9.17) is 4.74 Å². The predicted molar refractivity (Wildman–Crippen MR) is 70.9 cm³/mol. The zero-order valence-electron chi connectivity index (χ0n) is 10.4. The van der Waals surface area contributed by atoms with E-state index in [0.717, 1.165) is 0 Å². The zero-order valence-corrected chi connectivity index (χ0v) is 10.4. The van der Waals surface area contributed by atoms with Crippen molar-refractivity contribution in [3.8, 4) is 0 Å². The summed E-state index contributed by atoms with van der Waals surface area (Å²) < 4.78 is 5.77. The van der Waals surface area contributed by atoms with Gasteiger partial charge in [0.25, 0.3) is 0 Å². The van der Waals surface area contributed by atoms with E-state index in [2.05, 4.69) is 44.2 Å². The van der Waals surface area contributed by atoms with Gasteiger partial charge in [-0.15, -0.1) is 0 Å². The molecule has 0 unspecified atom stereocenters. The van der Waals surface area contributed by atoms with Crippen LogP contribution in [-0.4, -0.2) is 0 Å². The van der Waals surface area contributed by atoms with Gasteiger partial charge < -0.3 is 4.74 Å². The Kier molecular flexibility index (Phi) is 3.94. The van der Waals surface area contributed by atoms with Gasteiger partial charge in [0, 0.05) is 0 Å². The Morgan fingerprint density at radius 2 is 1.41 bits per heavy atom. The van der Waals surface area contributed by atoms with Gasteiger partial charge in [-0.3, -0.25) is 0 Å². The van der Waals surface area contributed by atoms with E-state index in [-0.39, 0.29) is 0 Å². The molecule has 0 aliphatic rings. The first-order chi connectivity index (χ1) is 8.27. The lowest BCUT2D eigenvalue weighted by molar-refractivity contribution is 0.106. The molecule has 0 spiro atoms. The topological polar surface area (TPSA) is 9.23 Å². The lowest BCUT2D eigenvalue weighted by Crippen LogP contribution is -1.98. The van der Waals surface area contributed by atoms with Crippen molar-refractivity contribution in [2.24, 2.45) is 0 Å². The molecule has 17 heavy (non-hydrogen) atoms. The third-order valence-electron chi connectivity index (χ3n) is 3.00. The van der Waals surface area contributed by atoms with Crippen molar-refractivity contribution in [2.75, 3.05) is 0 Å². The Hall–Kier alpha value is -1.60. The van der Waals surface area contributed by atoms with E-state index < -0.39 is 0 Å². The zero-order chi connectivity index (χ0) is 12.1. The monoisotopic (exact) mass is 226 g/mol. The van der Waals surface area contributed by atoms with E-state index in [9.17, 15) is 0 Å². The summed E-state index contributed by atoms with van der Waals surface area (Å²) in [6.45, 7) is 5.63. The first kappa shape index (κ1) is 11.9. The molecular weight excluding hydrogens is 208 g/mol. The van der Waals surface area contributed by atoms with Crippen LogP contribution >= 0.6 is 0 Å². The van der Waals surface area contributed by atoms with Crippen molar-refractivity contribution in [1.29, 1.82) is 0 Å². The van der Waals surface area contributed by atoms with Crippen LogP contribution < -0.4 is 0 Å². The van der Waals surface area contributed by atoms with Crippen LogP contribution in [0.1, 0.15) is 22.3 Å². The molecule has 0 aliphatic carbocycles. The molecular formula is C16H18O. The quantitative estimate of drug-likeness (QED) is 0.765. The molecule has 0 atom stereocenters. The average Bonchev–Trinajstić information content (AvgIpc) is 2.34. The second-order valence-corrected chi connectivity index (χ2v) is 4.35. The highest BCUT2D eigenvalue weighted by Gasteiger charge is 2.01. The molecule has 0 aromatic heterocycles. The minimum absolute atomic E-state index is 0.675. The normalized spacial score (nSPS) is 10.5. The van der Waals surface area contributed by atoms with Gasteiger partial charge in [0.2, 0.25) is 0 Å². The molecule has 88 valence electrons. The van der Waals surface area contributed by atoms with E-state index in [1.165, 1.54) is 22.3 Å². The van der Waals surface area contributed by atoms with Crippen molar-refractivity contribution >= 4 is 0 Å². The van der Waals surface area contributed by atoms with Crippen molar-refractivity contribution in [2.45, 2.75) is 27.1 Å². The number of hydrogen-bond donors (Lipinski definition) is 0. The molecule has 0 radical (unpaired) electrons. The van der Waals surface area contributed by atoms with Crippen molar-refractivity contribution in [3.63, 3.8) is 0 Å². The largest absolute Gasteiger partial charge is 0.372 e. The second kappa shape index (κ2) is 5.65. The standard InChI is InChI=1S/C16H18O/c1-13-7-6-8-14(2)16(13)12-17-11-15-9-4-3-5-10-15/h3-10H,11-12H2,1-2H3. The summed E-state index contributed by atoms with van der Waals surface area (Å²) in [6.07, 6.45) is 0. The fourth-order valence-corrected chi connectivity index (χ4v) is 1.92. The SMILES string of the molecule is Cc1cccc(C)c1COCc1ccccc1. The van der Waals surface area contributed by atoms with E-state index >= 15 is 0 Å². The fraction of sp³-hybridized carbons (Fsp3) is 0.250. The highest BCUT2D eigenvalue weighted by atomic mass is 16.5. The minimum atomic E-state index is 0.675. The van der Waals surface area contributed by atoms with Crippen LogP contribution in [0.25, 0.3) is 0 Å². The lowest BCUT2D eigenvalue weighted by Gasteiger charge is -2.10. The molecule has 1 heteroatoms. The van der Waals surface area contributed by atoms with Crippen LogP contribution in [0.2, 0.25) is 0 Å². The summed E-state index contributed by atoms with van der Waals surface area (Å²) in [4.78, 5) is 0. The molecule has 1 nitrogen and oxygen atoms in total. The van der Waals surface area contributed by atoms with Crippen molar-refractivity contribution in [1.82, 2.24) is 0 Å². The molecule has 0 saturated carbocycles. The molecule has 0 heterocycles. The number of aryl methyl sites for hydroxylation is 2. The van der Waals surface area contributed by atoms with Crippen LogP contribution in [0.5, 0.6) is 0 Å². The first-order valence-electron chi connectivity index (χ1n) is 5.94. The van der Waals surface area contributed by atoms with Gasteiger partial charge in [0.1, 0.15) is 0 Å². The third-order valence-corrected chi connectivity index (χ3v) is 3.00. The van der Waals surface area contributed by atoms with Crippen LogP contribution in [0, 0.1) is 13.8 Å². The van der Waals surface area contributed by atoms with Crippen LogP contribution in [0.15, 0.2) is 48.5 Å². The maximum absolute atomic E-state index is 5.77. The molecule has 0 bridgehead atoms. The summed E-state index contributed by atoms with van der Waals surface area (Å²) in [5.41, 5.74) is 5.14. The Bertz CT molecular complexity index is 454. The molecule has 0 aliphatic heterocycles. The Morgan fingerprint density at radius 3 is 2.06 bits per heavy atom. The Balaban J connectivity index is 1.95. The summed E-state index contributed by atoms with van der Waals surface area (Å²) in [5, 5.41) is 0. The number of ether oxygens (including phenoxy) is 1. The Labute approximate surface area is 103 Å². The molecule has 2 aromatic carbocycles. The highest BCUT2D eigenvalue weighted by Crippen LogP contribution is 2.15. The maximum atomic E-state index is 5.77. The molecule has 2 aromatic rings. The van der Waals surface area contributed by atoms with Gasteiger partial charge in [0.15, 0.2) is 0 Å². The number of hydrogen-bond acceptors (Lipinski definition) is 1. The summed E-state index contributed by atoms with van der Waals surface area (Å²) in [5.74, 6) is 0. The summed E-state index contributed by atoms with van der Waals surface area (Å²) >= 11 is 0. The smallest absolute Gasteiger partial charge is 0.0726 e. The Morgan fingerprint density at radius 1 is 0.765 bits per heavy atom. The van der Waals surface area contributed by atoms with Gasteiger partial charge in [-0.2, -0.15) is 0 Å². The second-order valence-electron chi connectivity index (χ2n) is 4.35. The van der Waals surface area contributed by atoms with Crippen LogP contribution in [0.4, 0.5) is 0 Å². The summed E-state index contributed by atoms with van der Waals surface area (Å²) in [7, 11) is 0. The summed E-state index contributed by atoms with van der Waals surface area (Å²) in [6, 6.07) is 16.6. The molecule has 0 N–H and O–H groups in total. The molecule has 2 rings (SSSR count). The molecule has 0 fully saturated rings. The maximum Gasteiger partial charge on any atom is 0.0726 e. The van der Waals surface area contributed by atoms with Gasteiger partial charge in [-0.25, -0.2) is 0 Å². The lowest BCUT2D eigenvalue weighted by atomic mass is 10.0. The van der Waals surface area contributed by atoms with Crippen molar-refractivity contribution in [3.05, 3.63) is 70.8 Å². The molecule has 0 amide bonds. The number of rotatable bonds is 4. The van der Waals surface area contributed by atoms with E-state index in [1.54, 1.807) is 0 Å².